The predicted molar refractivity (Wildman–Crippen MR) is 125 cm³/mol. The summed E-state index contributed by atoms with van der Waals surface area (Å²) in [6.07, 6.45) is 0.756. The van der Waals surface area contributed by atoms with Crippen molar-refractivity contribution in [3.8, 4) is 11.5 Å². The largest absolute Gasteiger partial charge is 0.490 e. The maximum absolute atomic E-state index is 10.2. The molecule has 0 spiro atoms. The number of ether oxygens (including phenoxy) is 2. The molecule has 3 N–H and O–H groups in total. The summed E-state index contributed by atoms with van der Waals surface area (Å²) in [6.45, 7) is 10.00. The fourth-order valence-corrected chi connectivity index (χ4v) is 2.69. The minimum absolute atomic E-state index is 0. The summed E-state index contributed by atoms with van der Waals surface area (Å²) in [5.41, 5.74) is 1.05. The number of hydrogen-bond acceptors (Lipinski definition) is 5. The number of aliphatic imine (C=N–C) groups is 1. The van der Waals surface area contributed by atoms with E-state index >= 15 is 0 Å². The van der Waals surface area contributed by atoms with Gasteiger partial charge in [0.2, 0.25) is 0 Å². The second-order valence-electron chi connectivity index (χ2n) is 6.19. The molecule has 0 radical (unpaired) electrons. The zero-order chi connectivity index (χ0) is 20.4. The highest BCUT2D eigenvalue weighted by atomic mass is 127. The van der Waals surface area contributed by atoms with Crippen molar-refractivity contribution in [1.29, 1.82) is 0 Å². The number of rotatable bonds is 10. The summed E-state index contributed by atoms with van der Waals surface area (Å²) in [5.74, 6) is 2.58. The SMILES string of the molecule is CCNC(=NCC(O)c1ccco1)NC(C)c1ccc(OCC)c(OCC)c1.I. The van der Waals surface area contributed by atoms with Crippen LogP contribution in [0, 0.1) is 0 Å². The molecule has 2 atom stereocenters. The predicted octanol–water partition coefficient (Wildman–Crippen LogP) is 4.04. The number of benzene rings is 1. The van der Waals surface area contributed by atoms with Crippen LogP contribution in [-0.4, -0.2) is 37.4 Å². The molecule has 7 nitrogen and oxygen atoms in total. The lowest BCUT2D eigenvalue weighted by molar-refractivity contribution is 0.158. The van der Waals surface area contributed by atoms with Gasteiger partial charge in [-0.2, -0.15) is 0 Å². The summed E-state index contributed by atoms with van der Waals surface area (Å²) in [7, 11) is 0. The van der Waals surface area contributed by atoms with Crippen LogP contribution in [0.4, 0.5) is 0 Å². The van der Waals surface area contributed by atoms with Gasteiger partial charge < -0.3 is 29.6 Å². The van der Waals surface area contributed by atoms with E-state index in [1.165, 1.54) is 6.26 Å². The molecular weight excluding hydrogens is 485 g/mol. The summed E-state index contributed by atoms with van der Waals surface area (Å²) >= 11 is 0. The van der Waals surface area contributed by atoms with Crippen LogP contribution in [0.15, 0.2) is 46.0 Å². The van der Waals surface area contributed by atoms with Gasteiger partial charge in [-0.05, 0) is 57.5 Å². The highest BCUT2D eigenvalue weighted by Gasteiger charge is 2.14. The van der Waals surface area contributed by atoms with E-state index in [0.717, 1.165) is 17.1 Å². The Balaban J connectivity index is 0.00000420. The molecule has 1 aromatic heterocycles. The molecule has 0 aliphatic carbocycles. The number of nitrogens with one attached hydrogen (secondary N) is 2. The number of furan rings is 1. The van der Waals surface area contributed by atoms with Crippen molar-refractivity contribution in [2.24, 2.45) is 4.99 Å². The van der Waals surface area contributed by atoms with Crippen molar-refractivity contribution >= 4 is 29.9 Å². The zero-order valence-electron chi connectivity index (χ0n) is 17.5. The lowest BCUT2D eigenvalue weighted by Gasteiger charge is -2.20. The third-order valence-electron chi connectivity index (χ3n) is 4.06. The van der Waals surface area contributed by atoms with Crippen LogP contribution in [0.5, 0.6) is 11.5 Å². The molecule has 2 aromatic rings. The molecule has 1 aromatic carbocycles. The summed E-state index contributed by atoms with van der Waals surface area (Å²) in [4.78, 5) is 4.47. The molecule has 0 bridgehead atoms. The molecule has 8 heteroatoms. The third kappa shape index (κ3) is 7.77. The number of aliphatic hydroxyl groups excluding tert-OH is 1. The van der Waals surface area contributed by atoms with Gasteiger partial charge >= 0.3 is 0 Å². The van der Waals surface area contributed by atoms with Crippen LogP contribution >= 0.6 is 24.0 Å². The van der Waals surface area contributed by atoms with E-state index in [1.807, 2.05) is 45.9 Å². The van der Waals surface area contributed by atoms with Gasteiger partial charge in [-0.3, -0.25) is 4.99 Å². The number of aliphatic hydroxyl groups is 1. The molecule has 162 valence electrons. The van der Waals surface area contributed by atoms with Gasteiger partial charge in [0.15, 0.2) is 17.5 Å². The van der Waals surface area contributed by atoms with E-state index in [0.29, 0.717) is 31.5 Å². The highest BCUT2D eigenvalue weighted by Crippen LogP contribution is 2.30. The highest BCUT2D eigenvalue weighted by molar-refractivity contribution is 14.0. The van der Waals surface area contributed by atoms with Gasteiger partial charge in [0.05, 0.1) is 32.1 Å². The first kappa shape index (κ1) is 25.1. The van der Waals surface area contributed by atoms with E-state index in [1.54, 1.807) is 12.1 Å². The Hall–Kier alpha value is -1.94. The Morgan fingerprint density at radius 2 is 1.86 bits per heavy atom. The zero-order valence-corrected chi connectivity index (χ0v) is 19.8. The number of hydrogen-bond donors (Lipinski definition) is 3. The summed E-state index contributed by atoms with van der Waals surface area (Å²) in [5, 5.41) is 16.7. The Labute approximate surface area is 189 Å². The molecule has 0 aliphatic heterocycles. The van der Waals surface area contributed by atoms with Crippen LogP contribution in [0.2, 0.25) is 0 Å². The fraction of sp³-hybridized carbons (Fsp3) is 0.476. The van der Waals surface area contributed by atoms with Crippen molar-refractivity contribution in [3.05, 3.63) is 47.9 Å². The molecule has 0 saturated carbocycles. The van der Waals surface area contributed by atoms with Gasteiger partial charge in [0.25, 0.3) is 0 Å². The lowest BCUT2D eigenvalue weighted by Crippen LogP contribution is -2.39. The molecule has 0 aliphatic rings. The molecule has 0 amide bonds. The van der Waals surface area contributed by atoms with E-state index in [2.05, 4.69) is 15.6 Å². The van der Waals surface area contributed by atoms with Crippen LogP contribution in [-0.2, 0) is 0 Å². The molecule has 2 rings (SSSR count). The molecule has 0 saturated heterocycles. The smallest absolute Gasteiger partial charge is 0.191 e. The Kier molecular flexibility index (Phi) is 11.5. The van der Waals surface area contributed by atoms with Crippen molar-refractivity contribution in [1.82, 2.24) is 10.6 Å². The maximum Gasteiger partial charge on any atom is 0.191 e. The van der Waals surface area contributed by atoms with Crippen LogP contribution < -0.4 is 20.1 Å². The Morgan fingerprint density at radius 1 is 1.14 bits per heavy atom. The van der Waals surface area contributed by atoms with Crippen molar-refractivity contribution in [2.75, 3.05) is 26.3 Å². The van der Waals surface area contributed by atoms with Gasteiger partial charge in [-0.15, -0.1) is 24.0 Å². The van der Waals surface area contributed by atoms with Gasteiger partial charge in [0, 0.05) is 6.54 Å². The fourth-order valence-electron chi connectivity index (χ4n) is 2.69. The van der Waals surface area contributed by atoms with E-state index in [9.17, 15) is 5.11 Å². The third-order valence-corrected chi connectivity index (χ3v) is 4.06. The Bertz CT molecular complexity index is 738. The lowest BCUT2D eigenvalue weighted by atomic mass is 10.1. The average molecular weight is 517 g/mol. The number of halogens is 1. The Morgan fingerprint density at radius 3 is 2.48 bits per heavy atom. The van der Waals surface area contributed by atoms with Crippen molar-refractivity contribution in [2.45, 2.75) is 39.8 Å². The maximum atomic E-state index is 10.2. The molecule has 29 heavy (non-hydrogen) atoms. The standard InChI is InChI=1S/C21H31N3O4.HI/c1-5-22-21(23-14-17(25)18-9-8-12-28-18)24-15(4)16-10-11-19(26-6-2)20(13-16)27-7-3;/h8-13,15,17,25H,5-7,14H2,1-4H3,(H2,22,23,24);1H. The second kappa shape index (κ2) is 13.3. The topological polar surface area (TPSA) is 88.3 Å². The summed E-state index contributed by atoms with van der Waals surface area (Å²) in [6, 6.07) is 9.37. The normalized spacial score (nSPS) is 13.2. The van der Waals surface area contributed by atoms with E-state index < -0.39 is 6.10 Å². The minimum atomic E-state index is -0.782. The monoisotopic (exact) mass is 517 g/mol. The molecule has 0 fully saturated rings. The van der Waals surface area contributed by atoms with Crippen LogP contribution in [0.1, 0.15) is 51.2 Å². The van der Waals surface area contributed by atoms with Crippen LogP contribution in [0.25, 0.3) is 0 Å². The molecule has 2 unspecified atom stereocenters. The van der Waals surface area contributed by atoms with Crippen molar-refractivity contribution < 1.29 is 19.0 Å². The van der Waals surface area contributed by atoms with Gasteiger partial charge in [-0.25, -0.2) is 0 Å². The van der Waals surface area contributed by atoms with E-state index in [-0.39, 0.29) is 36.6 Å². The first-order valence-corrected chi connectivity index (χ1v) is 9.74. The van der Waals surface area contributed by atoms with Crippen LogP contribution in [0.3, 0.4) is 0 Å². The second-order valence-corrected chi connectivity index (χ2v) is 6.19. The van der Waals surface area contributed by atoms with Gasteiger partial charge in [0.1, 0.15) is 11.9 Å². The van der Waals surface area contributed by atoms with Crippen molar-refractivity contribution in [3.63, 3.8) is 0 Å². The molecular formula is C21H32IN3O4. The summed E-state index contributed by atoms with van der Waals surface area (Å²) < 4.78 is 16.6. The minimum Gasteiger partial charge on any atom is -0.490 e. The average Bonchev–Trinajstić information content (AvgIpc) is 3.22. The van der Waals surface area contributed by atoms with Gasteiger partial charge in [-0.1, -0.05) is 6.07 Å². The number of guanidine groups is 1. The first-order valence-electron chi connectivity index (χ1n) is 9.74. The first-order chi connectivity index (χ1) is 13.6. The quantitative estimate of drug-likeness (QED) is 0.251. The van der Waals surface area contributed by atoms with E-state index in [4.69, 9.17) is 13.9 Å². The number of nitrogens with zero attached hydrogens (tertiary/aromatic N) is 1. The molecule has 1 heterocycles.